The lowest BCUT2D eigenvalue weighted by Gasteiger charge is -2.26. The monoisotopic (exact) mass is 487 g/mol. The van der Waals surface area contributed by atoms with Crippen LogP contribution in [0.3, 0.4) is 0 Å². The molecule has 2 fully saturated rings. The van der Waals surface area contributed by atoms with Gasteiger partial charge in [0.25, 0.3) is 5.91 Å². The number of urea groups is 1. The molecule has 32 heavy (non-hydrogen) atoms. The van der Waals surface area contributed by atoms with Crippen LogP contribution in [-0.2, 0) is 24.3 Å². The Hall–Kier alpha value is -2.21. The van der Waals surface area contributed by atoms with Gasteiger partial charge in [0.15, 0.2) is 6.61 Å². The van der Waals surface area contributed by atoms with E-state index in [0.29, 0.717) is 0 Å². The van der Waals surface area contributed by atoms with Crippen molar-refractivity contribution in [3.63, 3.8) is 0 Å². The molecule has 1 aliphatic heterocycles. The number of ether oxygens (including phenoxy) is 2. The Labute approximate surface area is 191 Å². The number of nitrogens with one attached hydrogen (secondary N) is 2. The van der Waals surface area contributed by atoms with E-state index in [-0.39, 0.29) is 47.8 Å². The molecule has 0 bridgehead atoms. The van der Waals surface area contributed by atoms with Gasteiger partial charge in [-0.15, -0.1) is 0 Å². The second-order valence-electron chi connectivity index (χ2n) is 7.59. The minimum atomic E-state index is -3.84. The summed E-state index contributed by atoms with van der Waals surface area (Å²) < 4.78 is 36.9. The second kappa shape index (κ2) is 11.1. The highest BCUT2D eigenvalue weighted by Crippen LogP contribution is 2.24. The zero-order valence-corrected chi connectivity index (χ0v) is 19.0. The van der Waals surface area contributed by atoms with Gasteiger partial charge in [0.2, 0.25) is 10.0 Å². The maximum Gasteiger partial charge on any atom is 0.340 e. The number of hydrogen-bond donors (Lipinski definition) is 2. The summed E-state index contributed by atoms with van der Waals surface area (Å²) in [5.41, 5.74) is -0.194. The van der Waals surface area contributed by atoms with Gasteiger partial charge in [0.1, 0.15) is 0 Å². The first-order valence-corrected chi connectivity index (χ1v) is 12.2. The van der Waals surface area contributed by atoms with E-state index in [1.54, 1.807) is 0 Å². The summed E-state index contributed by atoms with van der Waals surface area (Å²) in [6.45, 7) is 0.256. The highest BCUT2D eigenvalue weighted by molar-refractivity contribution is 7.89. The molecule has 1 heterocycles. The molecule has 3 rings (SSSR count). The Balaban J connectivity index is 1.56. The number of benzene rings is 1. The van der Waals surface area contributed by atoms with Crippen molar-refractivity contribution in [3.8, 4) is 0 Å². The molecular weight excluding hydrogens is 462 g/mol. The highest BCUT2D eigenvalue weighted by atomic mass is 35.5. The third kappa shape index (κ3) is 6.41. The van der Waals surface area contributed by atoms with Crippen LogP contribution in [0, 0.1) is 0 Å². The van der Waals surface area contributed by atoms with Gasteiger partial charge < -0.3 is 14.8 Å². The van der Waals surface area contributed by atoms with Crippen molar-refractivity contribution in [2.75, 3.05) is 32.9 Å². The van der Waals surface area contributed by atoms with Crippen LogP contribution in [0.2, 0.25) is 5.02 Å². The molecule has 0 spiro atoms. The Kier molecular flexibility index (Phi) is 8.46. The van der Waals surface area contributed by atoms with Crippen LogP contribution in [0.5, 0.6) is 0 Å². The first-order chi connectivity index (χ1) is 15.3. The van der Waals surface area contributed by atoms with Crippen LogP contribution in [0.25, 0.3) is 0 Å². The van der Waals surface area contributed by atoms with Crippen LogP contribution < -0.4 is 10.6 Å². The Morgan fingerprint density at radius 2 is 1.81 bits per heavy atom. The third-order valence-corrected chi connectivity index (χ3v) is 7.52. The summed E-state index contributed by atoms with van der Waals surface area (Å²) in [5, 5.41) is 4.81. The molecule has 1 saturated carbocycles. The van der Waals surface area contributed by atoms with Crippen molar-refractivity contribution in [2.45, 2.75) is 43.0 Å². The Morgan fingerprint density at radius 3 is 2.50 bits per heavy atom. The number of sulfonamides is 1. The predicted octanol–water partition coefficient (Wildman–Crippen LogP) is 1.68. The maximum absolute atomic E-state index is 12.8. The highest BCUT2D eigenvalue weighted by Gasteiger charge is 2.28. The SMILES string of the molecule is O=C(COC(=O)c1cc(S(=O)(=O)N2CCOCC2)ccc1Cl)NC(=O)NC1CCCCC1. The van der Waals surface area contributed by atoms with Gasteiger partial charge in [-0.2, -0.15) is 4.31 Å². The lowest BCUT2D eigenvalue weighted by molar-refractivity contribution is -0.123. The number of halogens is 1. The van der Waals surface area contributed by atoms with E-state index < -0.39 is 34.5 Å². The molecule has 2 N–H and O–H groups in total. The van der Waals surface area contributed by atoms with Crippen molar-refractivity contribution in [1.29, 1.82) is 0 Å². The van der Waals surface area contributed by atoms with E-state index in [1.807, 2.05) is 0 Å². The normalized spacial score (nSPS) is 18.0. The fraction of sp³-hybridized carbons (Fsp3) is 0.550. The molecule has 1 saturated heterocycles. The van der Waals surface area contributed by atoms with Crippen molar-refractivity contribution < 1.29 is 32.3 Å². The number of hydrogen-bond acceptors (Lipinski definition) is 7. The summed E-state index contributed by atoms with van der Waals surface area (Å²) >= 11 is 6.04. The molecular formula is C20H26ClN3O7S. The van der Waals surface area contributed by atoms with Crippen molar-refractivity contribution in [2.24, 2.45) is 0 Å². The lowest BCUT2D eigenvalue weighted by atomic mass is 9.96. The number of carbonyl (C=O) groups excluding carboxylic acids is 3. The molecule has 1 aromatic rings. The van der Waals surface area contributed by atoms with Gasteiger partial charge in [0.05, 0.1) is 28.7 Å². The van der Waals surface area contributed by atoms with Crippen LogP contribution in [0.4, 0.5) is 4.79 Å². The molecule has 1 aromatic carbocycles. The molecule has 176 valence electrons. The maximum atomic E-state index is 12.8. The second-order valence-corrected chi connectivity index (χ2v) is 9.94. The average Bonchev–Trinajstić information content (AvgIpc) is 2.78. The first kappa shape index (κ1) is 24.4. The minimum absolute atomic E-state index is 0.0219. The number of carbonyl (C=O) groups is 3. The van der Waals surface area contributed by atoms with Crippen LogP contribution in [-0.4, -0.2) is 69.6 Å². The smallest absolute Gasteiger partial charge is 0.340 e. The molecule has 0 unspecified atom stereocenters. The first-order valence-electron chi connectivity index (χ1n) is 10.4. The standard InChI is InChI=1S/C20H26ClN3O7S/c21-17-7-6-15(32(28,29)24-8-10-30-11-9-24)12-16(17)19(26)31-13-18(25)23-20(27)22-14-4-2-1-3-5-14/h6-7,12,14H,1-5,8-11,13H2,(H2,22,23,25,27). The van der Waals surface area contributed by atoms with Crippen molar-refractivity contribution in [1.82, 2.24) is 14.9 Å². The molecule has 0 atom stereocenters. The summed E-state index contributed by atoms with van der Waals surface area (Å²) in [5.74, 6) is -1.78. The molecule has 0 radical (unpaired) electrons. The summed E-state index contributed by atoms with van der Waals surface area (Å²) in [6.07, 6.45) is 4.90. The van der Waals surface area contributed by atoms with E-state index in [9.17, 15) is 22.8 Å². The fourth-order valence-electron chi connectivity index (χ4n) is 3.60. The Morgan fingerprint density at radius 1 is 1.12 bits per heavy atom. The molecule has 1 aliphatic carbocycles. The predicted molar refractivity (Wildman–Crippen MR) is 115 cm³/mol. The van der Waals surface area contributed by atoms with Gasteiger partial charge in [-0.05, 0) is 31.0 Å². The van der Waals surface area contributed by atoms with E-state index >= 15 is 0 Å². The van der Waals surface area contributed by atoms with Gasteiger partial charge in [0, 0.05) is 19.1 Å². The summed E-state index contributed by atoms with van der Waals surface area (Å²) in [7, 11) is -3.84. The molecule has 2 aliphatic rings. The quantitative estimate of drug-likeness (QED) is 0.583. The number of esters is 1. The largest absolute Gasteiger partial charge is 0.452 e. The molecule has 12 heteroatoms. The van der Waals surface area contributed by atoms with Crippen LogP contribution >= 0.6 is 11.6 Å². The Bertz CT molecular complexity index is 958. The number of imide groups is 1. The van der Waals surface area contributed by atoms with Gasteiger partial charge in [-0.1, -0.05) is 30.9 Å². The molecule has 0 aromatic heterocycles. The zero-order valence-electron chi connectivity index (χ0n) is 17.5. The fourth-order valence-corrected chi connectivity index (χ4v) is 5.23. The van der Waals surface area contributed by atoms with E-state index in [4.69, 9.17) is 21.1 Å². The van der Waals surface area contributed by atoms with Crippen molar-refractivity contribution >= 4 is 39.5 Å². The van der Waals surface area contributed by atoms with Crippen LogP contribution in [0.1, 0.15) is 42.5 Å². The van der Waals surface area contributed by atoms with Crippen LogP contribution in [0.15, 0.2) is 23.1 Å². The number of amides is 3. The minimum Gasteiger partial charge on any atom is -0.452 e. The van der Waals surface area contributed by atoms with Crippen molar-refractivity contribution in [3.05, 3.63) is 28.8 Å². The van der Waals surface area contributed by atoms with Gasteiger partial charge in [-0.3, -0.25) is 10.1 Å². The summed E-state index contributed by atoms with van der Waals surface area (Å²) in [4.78, 5) is 36.2. The molecule has 10 nitrogen and oxygen atoms in total. The van der Waals surface area contributed by atoms with E-state index in [0.717, 1.165) is 38.2 Å². The number of morpholine rings is 1. The lowest BCUT2D eigenvalue weighted by Crippen LogP contribution is -2.46. The molecule has 3 amide bonds. The number of rotatable bonds is 6. The van der Waals surface area contributed by atoms with E-state index in [2.05, 4.69) is 10.6 Å². The number of nitrogens with zero attached hydrogens (tertiary/aromatic N) is 1. The van der Waals surface area contributed by atoms with E-state index in [1.165, 1.54) is 16.4 Å². The van der Waals surface area contributed by atoms with Gasteiger partial charge in [-0.25, -0.2) is 18.0 Å². The summed E-state index contributed by atoms with van der Waals surface area (Å²) in [6, 6.07) is 3.07. The zero-order chi connectivity index (χ0) is 23.1. The average molecular weight is 488 g/mol. The van der Waals surface area contributed by atoms with Gasteiger partial charge >= 0.3 is 12.0 Å². The topological polar surface area (TPSA) is 131 Å². The third-order valence-electron chi connectivity index (χ3n) is 5.29.